The Morgan fingerprint density at radius 1 is 0.800 bits per heavy atom. The molecule has 0 aliphatic carbocycles. The fourth-order valence-electron chi connectivity index (χ4n) is 3.89. The van der Waals surface area contributed by atoms with Crippen LogP contribution in [-0.4, -0.2) is 16.0 Å². The van der Waals surface area contributed by atoms with E-state index in [1.165, 1.54) is 12.1 Å². The molecule has 4 aromatic rings. The second-order valence-electron chi connectivity index (χ2n) is 7.94. The summed E-state index contributed by atoms with van der Waals surface area (Å²) >= 11 is 0.796. The zero-order valence-electron chi connectivity index (χ0n) is 18.4. The summed E-state index contributed by atoms with van der Waals surface area (Å²) in [6.45, 7) is -0.151. The molecule has 1 heterocycles. The Morgan fingerprint density at radius 3 is 2.20 bits per heavy atom. The average molecular weight is 488 g/mol. The van der Waals surface area contributed by atoms with Crippen LogP contribution in [-0.2, 0) is 17.9 Å². The number of hydrogen-bond acceptors (Lipinski definition) is 4. The molecule has 5 rings (SSSR count). The van der Waals surface area contributed by atoms with Crippen LogP contribution in [0.25, 0.3) is 16.8 Å². The molecule has 1 aliphatic rings. The molecule has 1 aliphatic heterocycles. The standard InChI is InChI=1S/C28H19F2NO3S/c29-23-11-5-2-8-19(23)16-31-27(32)26(35-28(31)33)15-22-21-10-4-1-7-18(21)13-14-25(22)34-17-20-9-3-6-12-24(20)30/h1-15H,16-17H2/b26-15-. The number of benzene rings is 4. The number of fused-ring (bicyclic) bond motifs is 1. The van der Waals surface area contributed by atoms with Gasteiger partial charge in [-0.1, -0.05) is 66.7 Å². The second kappa shape index (κ2) is 9.72. The predicted molar refractivity (Wildman–Crippen MR) is 133 cm³/mol. The number of carbonyl (C=O) groups excluding carboxylic acids is 2. The van der Waals surface area contributed by atoms with Crippen LogP contribution in [0.5, 0.6) is 5.75 Å². The topological polar surface area (TPSA) is 46.6 Å². The molecule has 0 saturated carbocycles. The molecule has 0 bridgehead atoms. The second-order valence-corrected chi connectivity index (χ2v) is 8.93. The van der Waals surface area contributed by atoms with E-state index in [1.54, 1.807) is 48.5 Å². The normalized spacial score (nSPS) is 14.8. The van der Waals surface area contributed by atoms with Crippen LogP contribution in [0.3, 0.4) is 0 Å². The van der Waals surface area contributed by atoms with E-state index in [2.05, 4.69) is 0 Å². The van der Waals surface area contributed by atoms with E-state index < -0.39 is 17.0 Å². The largest absolute Gasteiger partial charge is 0.488 e. The molecule has 7 heteroatoms. The molecule has 0 unspecified atom stereocenters. The van der Waals surface area contributed by atoms with Crippen molar-refractivity contribution in [2.45, 2.75) is 13.2 Å². The predicted octanol–water partition coefficient (Wildman–Crippen LogP) is 6.93. The third-order valence-electron chi connectivity index (χ3n) is 5.71. The fraction of sp³-hybridized carbons (Fsp3) is 0.0714. The maximum Gasteiger partial charge on any atom is 0.293 e. The molecule has 4 aromatic carbocycles. The van der Waals surface area contributed by atoms with Crippen molar-refractivity contribution in [3.05, 3.63) is 118 Å². The Balaban J connectivity index is 1.49. The van der Waals surface area contributed by atoms with Gasteiger partial charge in [-0.25, -0.2) is 8.78 Å². The van der Waals surface area contributed by atoms with E-state index in [4.69, 9.17) is 4.74 Å². The lowest BCUT2D eigenvalue weighted by Gasteiger charge is -2.14. The molecule has 1 saturated heterocycles. The molecule has 0 radical (unpaired) electrons. The van der Waals surface area contributed by atoms with Crippen LogP contribution < -0.4 is 4.74 Å². The van der Waals surface area contributed by atoms with Crippen molar-refractivity contribution in [3.8, 4) is 5.75 Å². The smallest absolute Gasteiger partial charge is 0.293 e. The van der Waals surface area contributed by atoms with E-state index in [1.807, 2.05) is 30.3 Å². The van der Waals surface area contributed by atoms with Crippen molar-refractivity contribution in [2.24, 2.45) is 0 Å². The van der Waals surface area contributed by atoms with Gasteiger partial charge in [-0.05, 0) is 46.8 Å². The van der Waals surface area contributed by atoms with Crippen LogP contribution in [0.2, 0.25) is 0 Å². The van der Waals surface area contributed by atoms with Crippen LogP contribution in [0, 0.1) is 11.6 Å². The summed E-state index contributed by atoms with van der Waals surface area (Å²) in [5, 5.41) is 1.26. The van der Waals surface area contributed by atoms with Crippen molar-refractivity contribution >= 4 is 39.8 Å². The SMILES string of the molecule is O=C1S/C(=C\c2c(OCc3ccccc3F)ccc3ccccc23)C(=O)N1Cc1ccccc1F. The van der Waals surface area contributed by atoms with Crippen molar-refractivity contribution < 1.29 is 23.1 Å². The van der Waals surface area contributed by atoms with Gasteiger partial charge in [-0.15, -0.1) is 0 Å². The van der Waals surface area contributed by atoms with Gasteiger partial charge in [-0.2, -0.15) is 0 Å². The number of amides is 2. The Bertz CT molecular complexity index is 1480. The van der Waals surface area contributed by atoms with Gasteiger partial charge in [0, 0.05) is 16.7 Å². The highest BCUT2D eigenvalue weighted by Crippen LogP contribution is 2.37. The maximum atomic E-state index is 14.1. The minimum absolute atomic E-state index is 0.000611. The quantitative estimate of drug-likeness (QED) is 0.277. The number of imide groups is 1. The van der Waals surface area contributed by atoms with Crippen LogP contribution in [0.1, 0.15) is 16.7 Å². The van der Waals surface area contributed by atoms with E-state index in [0.29, 0.717) is 16.9 Å². The van der Waals surface area contributed by atoms with Gasteiger partial charge in [0.05, 0.1) is 11.4 Å². The molecule has 1 fully saturated rings. The van der Waals surface area contributed by atoms with Gasteiger partial charge in [0.25, 0.3) is 11.1 Å². The highest BCUT2D eigenvalue weighted by Gasteiger charge is 2.35. The van der Waals surface area contributed by atoms with Crippen molar-refractivity contribution in [2.75, 3.05) is 0 Å². The number of carbonyl (C=O) groups is 2. The number of nitrogens with zero attached hydrogens (tertiary/aromatic N) is 1. The van der Waals surface area contributed by atoms with Crippen LogP contribution >= 0.6 is 11.8 Å². The Kier molecular flexibility index (Phi) is 6.33. The number of ether oxygens (including phenoxy) is 1. The molecule has 2 amide bonds. The number of rotatable bonds is 6. The van der Waals surface area contributed by atoms with Crippen LogP contribution in [0.15, 0.2) is 89.8 Å². The lowest BCUT2D eigenvalue weighted by molar-refractivity contribution is -0.123. The molecular weight excluding hydrogens is 468 g/mol. The van der Waals surface area contributed by atoms with E-state index in [0.717, 1.165) is 27.4 Å². The first-order chi connectivity index (χ1) is 17.0. The van der Waals surface area contributed by atoms with Gasteiger partial charge >= 0.3 is 0 Å². The number of thioether (sulfide) groups is 1. The summed E-state index contributed by atoms with van der Waals surface area (Å²) < 4.78 is 34.2. The van der Waals surface area contributed by atoms with Gasteiger partial charge in [-0.3, -0.25) is 14.5 Å². The molecule has 0 atom stereocenters. The zero-order valence-corrected chi connectivity index (χ0v) is 19.2. The van der Waals surface area contributed by atoms with Gasteiger partial charge in [0.2, 0.25) is 0 Å². The molecule has 0 spiro atoms. The lowest BCUT2D eigenvalue weighted by Crippen LogP contribution is -2.27. The third kappa shape index (κ3) is 4.68. The Labute approximate surface area is 204 Å². The fourth-order valence-corrected chi connectivity index (χ4v) is 4.71. The molecule has 35 heavy (non-hydrogen) atoms. The van der Waals surface area contributed by atoms with Crippen molar-refractivity contribution in [1.82, 2.24) is 4.90 Å². The summed E-state index contributed by atoms with van der Waals surface area (Å²) in [4.78, 5) is 27.0. The zero-order chi connectivity index (χ0) is 24.4. The Morgan fingerprint density at radius 2 is 1.46 bits per heavy atom. The highest BCUT2D eigenvalue weighted by atomic mass is 32.2. The van der Waals surface area contributed by atoms with E-state index >= 15 is 0 Å². The highest BCUT2D eigenvalue weighted by molar-refractivity contribution is 8.18. The Hall–Kier alpha value is -3.97. The van der Waals surface area contributed by atoms with E-state index in [9.17, 15) is 18.4 Å². The molecule has 4 nitrogen and oxygen atoms in total. The maximum absolute atomic E-state index is 14.1. The third-order valence-corrected chi connectivity index (χ3v) is 6.61. The monoisotopic (exact) mass is 487 g/mol. The summed E-state index contributed by atoms with van der Waals surface area (Å²) in [5.74, 6) is -0.901. The number of halogens is 2. The summed E-state index contributed by atoms with van der Waals surface area (Å²) in [5.41, 5.74) is 1.27. The lowest BCUT2D eigenvalue weighted by atomic mass is 10.0. The van der Waals surface area contributed by atoms with Gasteiger partial charge < -0.3 is 4.74 Å². The molecular formula is C28H19F2NO3S. The molecule has 0 aromatic heterocycles. The summed E-state index contributed by atoms with van der Waals surface area (Å²) in [6, 6.07) is 23.6. The summed E-state index contributed by atoms with van der Waals surface area (Å²) in [7, 11) is 0. The molecule has 174 valence electrons. The average Bonchev–Trinajstić information content (AvgIpc) is 3.13. The van der Waals surface area contributed by atoms with E-state index in [-0.39, 0.29) is 29.4 Å². The van der Waals surface area contributed by atoms with Gasteiger partial charge in [0.1, 0.15) is 24.0 Å². The minimum Gasteiger partial charge on any atom is -0.488 e. The summed E-state index contributed by atoms with van der Waals surface area (Å²) in [6.07, 6.45) is 1.62. The molecule has 0 N–H and O–H groups in total. The minimum atomic E-state index is -0.503. The first-order valence-corrected chi connectivity index (χ1v) is 11.7. The first-order valence-electron chi connectivity index (χ1n) is 10.9. The van der Waals surface area contributed by atoms with Gasteiger partial charge in [0.15, 0.2) is 0 Å². The van der Waals surface area contributed by atoms with Crippen molar-refractivity contribution in [3.63, 3.8) is 0 Å². The number of hydrogen-bond donors (Lipinski definition) is 0. The van der Waals surface area contributed by atoms with Crippen LogP contribution in [0.4, 0.5) is 13.6 Å². The van der Waals surface area contributed by atoms with Crippen molar-refractivity contribution in [1.29, 1.82) is 0 Å². The first kappa shape index (κ1) is 22.8.